The van der Waals surface area contributed by atoms with Gasteiger partial charge in [0.25, 0.3) is 0 Å². The number of carbonyl (C=O) groups is 1. The van der Waals surface area contributed by atoms with Crippen molar-refractivity contribution < 1.29 is 19.0 Å². The SMILES string of the molecule is CCCCc1ccc(C(=O)Oc2c(C(C)(C)C)cc(OC)cc2C(C)(C)C)cc1OC. The predicted molar refractivity (Wildman–Crippen MR) is 127 cm³/mol. The van der Waals surface area contributed by atoms with Crippen LogP contribution in [0.1, 0.15) is 88.4 Å². The van der Waals surface area contributed by atoms with Crippen LogP contribution in [0.4, 0.5) is 0 Å². The zero-order chi connectivity index (χ0) is 23.4. The minimum Gasteiger partial charge on any atom is -0.497 e. The van der Waals surface area contributed by atoms with Crippen molar-refractivity contribution in [2.45, 2.75) is 78.6 Å². The summed E-state index contributed by atoms with van der Waals surface area (Å²) in [6.45, 7) is 14.8. The molecule has 4 heteroatoms. The van der Waals surface area contributed by atoms with Crippen LogP contribution in [0.3, 0.4) is 0 Å². The standard InChI is InChI=1S/C27H38O4/c1-10-11-12-18-13-14-19(15-23(18)30-9)25(28)31-24-21(26(2,3)4)16-20(29-8)17-22(24)27(5,6)7/h13-17H,10-12H2,1-9H3. The fourth-order valence-electron chi connectivity index (χ4n) is 3.54. The Labute approximate surface area is 187 Å². The molecule has 0 radical (unpaired) electrons. The van der Waals surface area contributed by atoms with Gasteiger partial charge >= 0.3 is 5.97 Å². The Morgan fingerprint density at radius 3 is 1.90 bits per heavy atom. The summed E-state index contributed by atoms with van der Waals surface area (Å²) in [4.78, 5) is 13.2. The Bertz CT molecular complexity index is 879. The molecule has 0 aliphatic rings. The van der Waals surface area contributed by atoms with Gasteiger partial charge in [0.2, 0.25) is 0 Å². The molecule has 0 N–H and O–H groups in total. The lowest BCUT2D eigenvalue weighted by atomic mass is 9.79. The van der Waals surface area contributed by atoms with Gasteiger partial charge in [-0.05, 0) is 53.5 Å². The Morgan fingerprint density at radius 2 is 1.45 bits per heavy atom. The minimum absolute atomic E-state index is 0.230. The van der Waals surface area contributed by atoms with Gasteiger partial charge in [0.05, 0.1) is 19.8 Å². The molecule has 0 saturated carbocycles. The van der Waals surface area contributed by atoms with Crippen molar-refractivity contribution in [1.82, 2.24) is 0 Å². The summed E-state index contributed by atoms with van der Waals surface area (Å²) in [6, 6.07) is 9.50. The van der Waals surface area contributed by atoms with Crippen molar-refractivity contribution in [3.63, 3.8) is 0 Å². The summed E-state index contributed by atoms with van der Waals surface area (Å²) in [5.74, 6) is 1.71. The van der Waals surface area contributed by atoms with Crippen LogP contribution in [0.25, 0.3) is 0 Å². The first kappa shape index (κ1) is 24.8. The maximum atomic E-state index is 13.2. The number of rotatable bonds is 7. The Hall–Kier alpha value is -2.49. The number of hydrogen-bond donors (Lipinski definition) is 0. The average Bonchev–Trinajstić information content (AvgIpc) is 2.70. The summed E-state index contributed by atoms with van der Waals surface area (Å²) >= 11 is 0. The van der Waals surface area contributed by atoms with Gasteiger partial charge in [-0.3, -0.25) is 0 Å². The van der Waals surface area contributed by atoms with E-state index in [0.717, 1.165) is 47.5 Å². The largest absolute Gasteiger partial charge is 0.497 e. The monoisotopic (exact) mass is 426 g/mol. The Balaban J connectivity index is 2.53. The molecule has 2 aromatic rings. The second-order valence-corrected chi connectivity index (χ2v) is 10.1. The number of carbonyl (C=O) groups excluding carboxylic acids is 1. The van der Waals surface area contributed by atoms with Gasteiger partial charge in [-0.1, -0.05) is 61.0 Å². The highest BCUT2D eigenvalue weighted by Crippen LogP contribution is 2.43. The first-order chi connectivity index (χ1) is 14.4. The lowest BCUT2D eigenvalue weighted by Gasteiger charge is -2.29. The van der Waals surface area contributed by atoms with Gasteiger partial charge < -0.3 is 14.2 Å². The highest BCUT2D eigenvalue weighted by atomic mass is 16.5. The fourth-order valence-corrected chi connectivity index (χ4v) is 3.54. The van der Waals surface area contributed by atoms with Gasteiger partial charge in [-0.2, -0.15) is 0 Å². The molecule has 0 bridgehead atoms. The number of aryl methyl sites for hydroxylation is 1. The van der Waals surface area contributed by atoms with E-state index in [0.29, 0.717) is 11.3 Å². The molecule has 4 nitrogen and oxygen atoms in total. The number of ether oxygens (including phenoxy) is 3. The third-order valence-corrected chi connectivity index (χ3v) is 5.43. The van der Waals surface area contributed by atoms with Crippen LogP contribution < -0.4 is 14.2 Å². The average molecular weight is 427 g/mol. The third kappa shape index (κ3) is 6.03. The lowest BCUT2D eigenvalue weighted by Crippen LogP contribution is -2.22. The topological polar surface area (TPSA) is 44.8 Å². The molecular weight excluding hydrogens is 388 g/mol. The van der Waals surface area contributed by atoms with E-state index in [9.17, 15) is 4.79 Å². The van der Waals surface area contributed by atoms with E-state index in [4.69, 9.17) is 14.2 Å². The van der Waals surface area contributed by atoms with Gasteiger partial charge in [0, 0.05) is 11.1 Å². The van der Waals surface area contributed by atoms with Crippen LogP contribution in [0.15, 0.2) is 30.3 Å². The quantitative estimate of drug-likeness (QED) is 0.358. The van der Waals surface area contributed by atoms with Gasteiger partial charge in [-0.15, -0.1) is 0 Å². The van der Waals surface area contributed by atoms with Crippen molar-refractivity contribution >= 4 is 5.97 Å². The van der Waals surface area contributed by atoms with Gasteiger partial charge in [0.15, 0.2) is 0 Å². The van der Waals surface area contributed by atoms with E-state index in [1.54, 1.807) is 20.3 Å². The number of unbranched alkanes of at least 4 members (excludes halogenated alkanes) is 1. The maximum absolute atomic E-state index is 13.2. The van der Waals surface area contributed by atoms with Crippen molar-refractivity contribution in [1.29, 1.82) is 0 Å². The lowest BCUT2D eigenvalue weighted by molar-refractivity contribution is 0.0728. The summed E-state index contributed by atoms with van der Waals surface area (Å²) < 4.78 is 17.2. The summed E-state index contributed by atoms with van der Waals surface area (Å²) in [7, 11) is 3.30. The van der Waals surface area contributed by atoms with E-state index >= 15 is 0 Å². The molecule has 0 amide bonds. The highest BCUT2D eigenvalue weighted by molar-refractivity contribution is 5.92. The number of methoxy groups -OCH3 is 2. The normalized spacial score (nSPS) is 11.9. The summed E-state index contributed by atoms with van der Waals surface area (Å²) in [5, 5.41) is 0. The van der Waals surface area contributed by atoms with Gasteiger partial charge in [-0.25, -0.2) is 4.79 Å². The first-order valence-corrected chi connectivity index (χ1v) is 11.0. The molecule has 0 aliphatic carbocycles. The minimum atomic E-state index is -0.387. The molecule has 2 aromatic carbocycles. The zero-order valence-corrected chi connectivity index (χ0v) is 20.6. The van der Waals surface area contributed by atoms with Crippen LogP contribution in [0.2, 0.25) is 0 Å². The third-order valence-electron chi connectivity index (χ3n) is 5.43. The molecule has 0 unspecified atom stereocenters. The van der Waals surface area contributed by atoms with Crippen molar-refractivity contribution in [3.05, 3.63) is 52.6 Å². The summed E-state index contributed by atoms with van der Waals surface area (Å²) in [6.07, 6.45) is 3.11. The molecule has 170 valence electrons. The van der Waals surface area contributed by atoms with E-state index in [2.05, 4.69) is 48.5 Å². The Kier molecular flexibility index (Phi) is 7.80. The second-order valence-electron chi connectivity index (χ2n) is 10.1. The maximum Gasteiger partial charge on any atom is 0.343 e. The number of hydrogen-bond acceptors (Lipinski definition) is 4. The molecule has 0 fully saturated rings. The smallest absolute Gasteiger partial charge is 0.343 e. The molecule has 0 saturated heterocycles. The molecule has 0 atom stereocenters. The summed E-state index contributed by atoms with van der Waals surface area (Å²) in [5.41, 5.74) is 3.01. The molecule has 0 aliphatic heterocycles. The van der Waals surface area contributed by atoms with Crippen molar-refractivity contribution in [2.75, 3.05) is 14.2 Å². The molecule has 0 spiro atoms. The van der Waals surface area contributed by atoms with Gasteiger partial charge in [0.1, 0.15) is 17.2 Å². The molecule has 31 heavy (non-hydrogen) atoms. The van der Waals surface area contributed by atoms with E-state index in [1.807, 2.05) is 24.3 Å². The van der Waals surface area contributed by atoms with Crippen LogP contribution in [0, 0.1) is 0 Å². The van der Waals surface area contributed by atoms with Crippen molar-refractivity contribution in [2.24, 2.45) is 0 Å². The molecule has 0 aromatic heterocycles. The first-order valence-electron chi connectivity index (χ1n) is 11.0. The van der Waals surface area contributed by atoms with Crippen molar-refractivity contribution in [3.8, 4) is 17.2 Å². The van der Waals surface area contributed by atoms with Crippen LogP contribution in [-0.4, -0.2) is 20.2 Å². The predicted octanol–water partition coefficient (Wildman–Crippen LogP) is 6.86. The zero-order valence-electron chi connectivity index (χ0n) is 20.6. The molecule has 0 heterocycles. The fraction of sp³-hybridized carbons (Fsp3) is 0.519. The molecule has 2 rings (SSSR count). The highest BCUT2D eigenvalue weighted by Gasteiger charge is 2.30. The van der Waals surface area contributed by atoms with Crippen LogP contribution >= 0.6 is 0 Å². The van der Waals surface area contributed by atoms with E-state index in [1.165, 1.54) is 0 Å². The number of benzene rings is 2. The number of esters is 1. The van der Waals surface area contributed by atoms with E-state index < -0.39 is 0 Å². The Morgan fingerprint density at radius 1 is 0.871 bits per heavy atom. The van der Waals surface area contributed by atoms with Crippen LogP contribution in [0.5, 0.6) is 17.2 Å². The van der Waals surface area contributed by atoms with Crippen LogP contribution in [-0.2, 0) is 17.3 Å². The van der Waals surface area contributed by atoms with E-state index in [-0.39, 0.29) is 16.8 Å². The second kappa shape index (κ2) is 9.76. The molecular formula is C27H38O4.